The van der Waals surface area contributed by atoms with Gasteiger partial charge in [-0.1, -0.05) is 0 Å². The number of nitrogens with one attached hydrogen (secondary N) is 1. The molecule has 0 fully saturated rings. The van der Waals surface area contributed by atoms with Gasteiger partial charge in [0.05, 0.1) is 17.7 Å². The molecular weight excluding hydrogens is 444 g/mol. The summed E-state index contributed by atoms with van der Waals surface area (Å²) in [6.45, 7) is 2.15. The lowest BCUT2D eigenvalue weighted by Gasteiger charge is -2.12. The fourth-order valence-corrected chi connectivity index (χ4v) is 3.00. The maximum absolute atomic E-state index is 13.6. The molecule has 0 spiro atoms. The Morgan fingerprint density at radius 1 is 1.00 bits per heavy atom. The van der Waals surface area contributed by atoms with Crippen molar-refractivity contribution in [3.63, 3.8) is 0 Å². The number of hydrogen-bond acceptors (Lipinski definition) is 6. The maximum atomic E-state index is 13.6. The zero-order valence-electron chi connectivity index (χ0n) is 18.9. The molecule has 0 radical (unpaired) electrons. The second-order valence-corrected chi connectivity index (χ2v) is 7.13. The van der Waals surface area contributed by atoms with Gasteiger partial charge in [-0.3, -0.25) is 9.59 Å². The van der Waals surface area contributed by atoms with Crippen molar-refractivity contribution in [2.24, 2.45) is 17.2 Å². The predicted molar refractivity (Wildman–Crippen MR) is 126 cm³/mol. The molecule has 0 bridgehead atoms. The normalized spacial score (nSPS) is 11.2. The number of rotatable bonds is 8. The van der Waals surface area contributed by atoms with Gasteiger partial charge in [0.2, 0.25) is 0 Å². The molecule has 7 N–H and O–H groups in total. The molecule has 0 aliphatic heterocycles. The largest absolute Gasteiger partial charge is 0.494 e. The molecule has 0 unspecified atom stereocenters. The van der Waals surface area contributed by atoms with E-state index in [-0.39, 0.29) is 28.4 Å². The molecule has 8 nitrogen and oxygen atoms in total. The molecule has 3 aromatic rings. The summed E-state index contributed by atoms with van der Waals surface area (Å²) in [5, 5.41) is 2.95. The van der Waals surface area contributed by atoms with Crippen LogP contribution < -0.4 is 27.3 Å². The van der Waals surface area contributed by atoms with Crippen LogP contribution in [0.1, 0.15) is 40.6 Å². The fraction of sp³-hybridized carbons (Fsp3) is 0.208. The van der Waals surface area contributed by atoms with E-state index in [2.05, 4.69) is 16.0 Å². The van der Waals surface area contributed by atoms with E-state index in [0.717, 1.165) is 11.6 Å². The Balaban J connectivity index is 0.00000199. The summed E-state index contributed by atoms with van der Waals surface area (Å²) in [4.78, 5) is 28.4. The van der Waals surface area contributed by atoms with Crippen molar-refractivity contribution in [3.05, 3.63) is 82.8 Å². The molecule has 180 valence electrons. The van der Waals surface area contributed by atoms with Gasteiger partial charge in [-0.15, -0.1) is 0 Å². The highest BCUT2D eigenvalue weighted by Crippen LogP contribution is 2.20. The van der Waals surface area contributed by atoms with Crippen molar-refractivity contribution in [2.45, 2.75) is 19.8 Å². The van der Waals surface area contributed by atoms with E-state index >= 15 is 0 Å². The second kappa shape index (κ2) is 12.3. The molecule has 0 saturated heterocycles. The van der Waals surface area contributed by atoms with E-state index in [0.29, 0.717) is 30.6 Å². The number of carbonyl (C=O) groups is 2. The van der Waals surface area contributed by atoms with Gasteiger partial charge in [0, 0.05) is 11.5 Å². The van der Waals surface area contributed by atoms with Crippen LogP contribution in [0.25, 0.3) is 10.9 Å². The first-order valence-electron chi connectivity index (χ1n) is 10.4. The number of benzene rings is 2. The third-order valence-corrected chi connectivity index (χ3v) is 4.76. The first kappa shape index (κ1) is 26.2. The van der Waals surface area contributed by atoms with E-state index < -0.39 is 17.6 Å². The summed E-state index contributed by atoms with van der Waals surface area (Å²) in [7, 11) is 1.50. The number of hydrogen-bond donors (Lipinski definition) is 4. The summed E-state index contributed by atoms with van der Waals surface area (Å²) in [5.41, 5.74) is 16.6. The topological polar surface area (TPSA) is 146 Å². The van der Waals surface area contributed by atoms with Gasteiger partial charge >= 0.3 is 0 Å². The summed E-state index contributed by atoms with van der Waals surface area (Å²) >= 11 is 0. The SMILES string of the molecule is C/C(CCCOc1ccc(F)cc1)=C(/N)NC(=O)c1cc(C(N)=O)nc2cc(F)ccc12.CN. The predicted octanol–water partition coefficient (Wildman–Crippen LogP) is 2.97. The minimum absolute atomic E-state index is 0.0965. The first-order chi connectivity index (χ1) is 16.2. The molecular formula is C24H27F2N5O3. The number of fused-ring (bicyclic) bond motifs is 1. The molecule has 3 rings (SSSR count). The maximum Gasteiger partial charge on any atom is 0.267 e. The molecule has 0 atom stereocenters. The van der Waals surface area contributed by atoms with Crippen LogP contribution in [-0.4, -0.2) is 30.5 Å². The van der Waals surface area contributed by atoms with Crippen LogP contribution >= 0.6 is 0 Å². The standard InChI is InChI=1S/C23H22F2N4O3.CH5N/c1-13(3-2-10-32-16-7-4-14(24)5-8-16)21(26)29-23(31)18-12-20(22(27)30)28-19-11-15(25)6-9-17(18)19;1-2/h4-9,11-12H,2-3,10,26H2,1H3,(H2,27,30)(H,29,31);2H2,1H3/b21-13+;. The summed E-state index contributed by atoms with van der Waals surface area (Å²) in [6, 6.07) is 10.7. The molecule has 0 aliphatic carbocycles. The number of amides is 2. The van der Waals surface area contributed by atoms with Gasteiger partial charge in [0.15, 0.2) is 0 Å². The zero-order chi connectivity index (χ0) is 25.3. The van der Waals surface area contributed by atoms with Crippen LogP contribution in [0.5, 0.6) is 5.75 Å². The van der Waals surface area contributed by atoms with E-state index in [1.165, 1.54) is 49.5 Å². The second-order valence-electron chi connectivity index (χ2n) is 7.13. The number of allylic oxidation sites excluding steroid dienone is 1. The third-order valence-electron chi connectivity index (χ3n) is 4.76. The number of primary amides is 1. The Morgan fingerprint density at radius 2 is 1.65 bits per heavy atom. The Kier molecular flexibility index (Phi) is 9.45. The lowest BCUT2D eigenvalue weighted by Crippen LogP contribution is -2.29. The summed E-state index contributed by atoms with van der Waals surface area (Å²) in [6.07, 6.45) is 1.16. The molecule has 2 aromatic carbocycles. The highest BCUT2D eigenvalue weighted by Gasteiger charge is 2.17. The van der Waals surface area contributed by atoms with Gasteiger partial charge in [-0.2, -0.15) is 0 Å². The van der Waals surface area contributed by atoms with Gasteiger partial charge < -0.3 is 27.3 Å². The van der Waals surface area contributed by atoms with Crippen LogP contribution in [0.2, 0.25) is 0 Å². The van der Waals surface area contributed by atoms with Crippen LogP contribution in [0.15, 0.2) is 59.9 Å². The van der Waals surface area contributed by atoms with E-state index in [9.17, 15) is 18.4 Å². The van der Waals surface area contributed by atoms with Gasteiger partial charge in [-0.25, -0.2) is 13.8 Å². The summed E-state index contributed by atoms with van der Waals surface area (Å²) in [5.74, 6) is -1.60. The summed E-state index contributed by atoms with van der Waals surface area (Å²) < 4.78 is 32.0. The van der Waals surface area contributed by atoms with Gasteiger partial charge in [0.1, 0.15) is 28.9 Å². The molecule has 34 heavy (non-hydrogen) atoms. The smallest absolute Gasteiger partial charge is 0.267 e. The van der Waals surface area contributed by atoms with Crippen molar-refractivity contribution in [1.82, 2.24) is 10.3 Å². The molecule has 1 heterocycles. The fourth-order valence-electron chi connectivity index (χ4n) is 3.00. The van der Waals surface area contributed by atoms with Gasteiger partial charge in [0.25, 0.3) is 11.8 Å². The molecule has 2 amide bonds. The minimum Gasteiger partial charge on any atom is -0.494 e. The number of carbonyl (C=O) groups excluding carboxylic acids is 2. The lowest BCUT2D eigenvalue weighted by atomic mass is 10.1. The number of aromatic nitrogens is 1. The molecule has 1 aromatic heterocycles. The number of halogens is 2. The first-order valence-corrected chi connectivity index (χ1v) is 10.4. The zero-order valence-corrected chi connectivity index (χ0v) is 18.9. The van der Waals surface area contributed by atoms with Crippen LogP contribution in [0, 0.1) is 11.6 Å². The van der Waals surface area contributed by atoms with Crippen molar-refractivity contribution >= 4 is 22.7 Å². The van der Waals surface area contributed by atoms with E-state index in [1.807, 2.05) is 0 Å². The van der Waals surface area contributed by atoms with Crippen molar-refractivity contribution in [2.75, 3.05) is 13.7 Å². The Bertz CT molecular complexity index is 1200. The van der Waals surface area contributed by atoms with Crippen molar-refractivity contribution < 1.29 is 23.1 Å². The third kappa shape index (κ3) is 6.97. The highest BCUT2D eigenvalue weighted by atomic mass is 19.1. The van der Waals surface area contributed by atoms with Crippen LogP contribution in [-0.2, 0) is 0 Å². The van der Waals surface area contributed by atoms with Crippen molar-refractivity contribution in [1.29, 1.82) is 0 Å². The lowest BCUT2D eigenvalue weighted by molar-refractivity contribution is 0.0966. The number of ether oxygens (including phenoxy) is 1. The van der Waals surface area contributed by atoms with Crippen LogP contribution in [0.4, 0.5) is 8.78 Å². The average Bonchev–Trinajstić information content (AvgIpc) is 2.82. The quantitative estimate of drug-likeness (QED) is 0.372. The highest BCUT2D eigenvalue weighted by molar-refractivity contribution is 6.08. The Hall–Kier alpha value is -4.05. The molecule has 10 heteroatoms. The number of nitrogens with zero attached hydrogens (tertiary/aromatic N) is 1. The number of nitrogens with two attached hydrogens (primary N) is 3. The molecule has 0 saturated carbocycles. The average molecular weight is 472 g/mol. The number of pyridine rings is 1. The van der Waals surface area contributed by atoms with Crippen LogP contribution in [0.3, 0.4) is 0 Å². The van der Waals surface area contributed by atoms with Crippen molar-refractivity contribution in [3.8, 4) is 5.75 Å². The van der Waals surface area contributed by atoms with E-state index in [1.54, 1.807) is 6.92 Å². The van der Waals surface area contributed by atoms with E-state index in [4.69, 9.17) is 16.2 Å². The molecule has 0 aliphatic rings. The Morgan fingerprint density at radius 3 is 2.29 bits per heavy atom. The van der Waals surface area contributed by atoms with Gasteiger partial charge in [-0.05, 0) is 74.9 Å². The monoisotopic (exact) mass is 471 g/mol. The minimum atomic E-state index is -0.842. The Labute approximate surface area is 195 Å².